The number of nitrogens with zero attached hydrogens (tertiary/aromatic N) is 3. The Hall–Kier alpha value is -2.25. The van der Waals surface area contributed by atoms with Gasteiger partial charge in [0, 0.05) is 0 Å². The topological polar surface area (TPSA) is 71.3 Å². The summed E-state index contributed by atoms with van der Waals surface area (Å²) < 4.78 is 51.5. The molecule has 0 atom stereocenters. The zero-order valence-electron chi connectivity index (χ0n) is 7.86. The Kier molecular flexibility index (Phi) is 4.98. The highest BCUT2D eigenvalue weighted by Gasteiger charge is 2.20. The number of rotatable bonds is 1. The van der Waals surface area contributed by atoms with Crippen molar-refractivity contribution in [1.82, 2.24) is 0 Å². The van der Waals surface area contributed by atoms with E-state index in [1.807, 2.05) is 0 Å². The molecule has 0 amide bonds. The molecule has 17 heavy (non-hydrogen) atoms. The van der Waals surface area contributed by atoms with Crippen molar-refractivity contribution in [2.24, 2.45) is 0 Å². The smallest absolute Gasteiger partial charge is 0.418 e. The zero-order chi connectivity index (χ0) is 13.6. The van der Waals surface area contributed by atoms with Crippen LogP contribution in [0.5, 0.6) is 0 Å². The maximum absolute atomic E-state index is 12.5. The van der Waals surface area contributed by atoms with Crippen LogP contribution in [0.2, 0.25) is 0 Å². The average Bonchev–Trinajstić information content (AvgIpc) is 2.14. The van der Waals surface area contributed by atoms with E-state index in [9.17, 15) is 31.8 Å². The first-order chi connectivity index (χ1) is 7.63. The van der Waals surface area contributed by atoms with Crippen molar-refractivity contribution in [3.63, 3.8) is 0 Å². The van der Waals surface area contributed by atoms with Gasteiger partial charge < -0.3 is 17.3 Å². The van der Waals surface area contributed by atoms with E-state index in [4.69, 9.17) is 5.39 Å². The first kappa shape index (κ1) is 14.8. The van der Waals surface area contributed by atoms with Gasteiger partial charge in [-0.3, -0.25) is 10.1 Å². The van der Waals surface area contributed by atoms with Gasteiger partial charge in [0.25, 0.3) is 5.69 Å². The number of diazo groups is 1. The lowest BCUT2D eigenvalue weighted by Crippen LogP contribution is -2.02. The molecule has 5 nitrogen and oxygen atoms in total. The number of hydrogen-bond acceptors (Lipinski definition) is 3. The quantitative estimate of drug-likeness (QED) is 0.253. The molecule has 0 aromatic heterocycles. The first-order valence-electron chi connectivity index (χ1n) is 3.81. The second-order valence-electron chi connectivity index (χ2n) is 2.52. The first-order valence-corrected chi connectivity index (χ1v) is 3.81. The van der Waals surface area contributed by atoms with Gasteiger partial charge in [-0.25, -0.2) is 4.39 Å². The molecule has 0 aliphatic heterocycles. The molecule has 0 saturated carbocycles. The number of benzene rings is 1. The van der Waals surface area contributed by atoms with Crippen LogP contribution in [-0.2, 0) is 0 Å². The molecule has 0 N–H and O–H groups in total. The van der Waals surface area contributed by atoms with Gasteiger partial charge in [0.05, 0.1) is 17.1 Å². The number of hydrogen-bond donors (Lipinski definition) is 0. The monoisotopic (exact) mass is 255 g/mol. The minimum atomic E-state index is -6.00. The molecule has 0 aliphatic carbocycles. The van der Waals surface area contributed by atoms with E-state index in [-0.39, 0.29) is 5.69 Å². The van der Waals surface area contributed by atoms with Crippen molar-refractivity contribution in [2.75, 3.05) is 0 Å². The van der Waals surface area contributed by atoms with Gasteiger partial charge in [0.1, 0.15) is 11.9 Å². The summed E-state index contributed by atoms with van der Waals surface area (Å²) in [6.45, 7) is 0. The van der Waals surface area contributed by atoms with Crippen LogP contribution in [0.25, 0.3) is 4.98 Å². The van der Waals surface area contributed by atoms with Crippen molar-refractivity contribution in [3.8, 4) is 0 Å². The molecule has 0 unspecified atom stereocenters. The fourth-order valence-electron chi connectivity index (χ4n) is 0.722. The molecule has 92 valence electrons. The molecule has 11 heteroatoms. The summed E-state index contributed by atoms with van der Waals surface area (Å²) in [6, 6.07) is 2.59. The highest BCUT2D eigenvalue weighted by molar-refractivity contribution is 6.50. The van der Waals surface area contributed by atoms with E-state index in [1.54, 1.807) is 0 Å². The third-order valence-electron chi connectivity index (χ3n) is 1.19. The SMILES string of the molecule is F[B-](F)(F)F.N#[N+]c1cc(F)cc([N+](=O)[O-])c1. The third kappa shape index (κ3) is 7.66. The van der Waals surface area contributed by atoms with Crippen LogP contribution < -0.4 is 0 Å². The predicted molar refractivity (Wildman–Crippen MR) is 48.0 cm³/mol. The van der Waals surface area contributed by atoms with Gasteiger partial charge in [-0.2, -0.15) is 0 Å². The summed E-state index contributed by atoms with van der Waals surface area (Å²) in [4.78, 5) is 12.0. The zero-order valence-corrected chi connectivity index (χ0v) is 7.86. The summed E-state index contributed by atoms with van der Waals surface area (Å²) in [5.41, 5.74) is -0.621. The van der Waals surface area contributed by atoms with Gasteiger partial charge in [0.2, 0.25) is 5.39 Å². The van der Waals surface area contributed by atoms with Crippen molar-refractivity contribution in [1.29, 1.82) is 5.39 Å². The maximum Gasteiger partial charge on any atom is 0.673 e. The minimum Gasteiger partial charge on any atom is -0.418 e. The molecule has 1 rings (SSSR count). The summed E-state index contributed by atoms with van der Waals surface area (Å²) in [5, 5.41) is 18.3. The lowest BCUT2D eigenvalue weighted by atomic mass is 10.3. The van der Waals surface area contributed by atoms with E-state index >= 15 is 0 Å². The maximum atomic E-state index is 12.5. The van der Waals surface area contributed by atoms with Crippen LogP contribution in [0.1, 0.15) is 0 Å². The molecule has 0 saturated heterocycles. The van der Waals surface area contributed by atoms with Gasteiger partial charge in [-0.05, 0) is 0 Å². The lowest BCUT2D eigenvalue weighted by Gasteiger charge is -1.94. The van der Waals surface area contributed by atoms with E-state index < -0.39 is 23.7 Å². The van der Waals surface area contributed by atoms with Gasteiger partial charge in [0.15, 0.2) is 4.98 Å². The Balaban J connectivity index is 0.000000437. The summed E-state index contributed by atoms with van der Waals surface area (Å²) in [5.74, 6) is -0.808. The van der Waals surface area contributed by atoms with Gasteiger partial charge in [-0.1, -0.05) is 0 Å². The standard InChI is InChI=1S/C6H3FN3O2.BF4/c7-4-1-5(9-8)3-6(2-4)10(11)12;2-1(3,4)5/h1-3H;/q+1;-1. The highest BCUT2D eigenvalue weighted by atomic mass is 19.5. The second-order valence-corrected chi connectivity index (χ2v) is 2.52. The van der Waals surface area contributed by atoms with Crippen LogP contribution >= 0.6 is 0 Å². The molecular formula is C6H3BF5N3O2. The Labute approximate surface area is 90.7 Å². The normalized spacial score (nSPS) is 9.88. The summed E-state index contributed by atoms with van der Waals surface area (Å²) >= 11 is 0. The third-order valence-corrected chi connectivity index (χ3v) is 1.19. The number of non-ortho nitro benzene ring substituents is 1. The van der Waals surface area contributed by atoms with Crippen LogP contribution in [0, 0.1) is 21.3 Å². The number of nitro groups is 1. The van der Waals surface area contributed by atoms with E-state index in [0.29, 0.717) is 0 Å². The molecule has 1 aromatic carbocycles. The Morgan fingerprint density at radius 3 is 2.06 bits per heavy atom. The Bertz CT molecular complexity index is 452. The molecule has 0 aliphatic rings. The van der Waals surface area contributed by atoms with E-state index in [2.05, 4.69) is 4.98 Å². The molecule has 0 fully saturated rings. The fraction of sp³-hybridized carbons (Fsp3) is 0. The molecule has 0 bridgehead atoms. The summed E-state index contributed by atoms with van der Waals surface area (Å²) in [7, 11) is -6.00. The summed E-state index contributed by atoms with van der Waals surface area (Å²) in [6.07, 6.45) is 0. The minimum absolute atomic E-state index is 0.179. The van der Waals surface area contributed by atoms with Crippen molar-refractivity contribution in [2.45, 2.75) is 0 Å². The lowest BCUT2D eigenvalue weighted by molar-refractivity contribution is -0.385. The Morgan fingerprint density at radius 1 is 1.24 bits per heavy atom. The Morgan fingerprint density at radius 2 is 1.71 bits per heavy atom. The van der Waals surface area contributed by atoms with Gasteiger partial charge >= 0.3 is 12.9 Å². The van der Waals surface area contributed by atoms with Crippen molar-refractivity contribution in [3.05, 3.63) is 39.1 Å². The fourth-order valence-corrected chi connectivity index (χ4v) is 0.722. The predicted octanol–water partition coefficient (Wildman–Crippen LogP) is 3.52. The largest absolute Gasteiger partial charge is 0.673 e. The molecular weight excluding hydrogens is 252 g/mol. The molecule has 1 aromatic rings. The molecule has 0 spiro atoms. The van der Waals surface area contributed by atoms with Gasteiger partial charge in [-0.15, -0.1) is 0 Å². The van der Waals surface area contributed by atoms with Crippen LogP contribution in [0.3, 0.4) is 0 Å². The van der Waals surface area contributed by atoms with Crippen LogP contribution in [-0.4, -0.2) is 12.2 Å². The van der Waals surface area contributed by atoms with E-state index in [0.717, 1.165) is 18.2 Å². The average molecular weight is 255 g/mol. The molecule has 0 radical (unpaired) electrons. The van der Waals surface area contributed by atoms with E-state index in [1.165, 1.54) is 0 Å². The molecule has 0 heterocycles. The van der Waals surface area contributed by atoms with Crippen molar-refractivity contribution < 1.29 is 26.6 Å². The van der Waals surface area contributed by atoms with Crippen LogP contribution in [0.15, 0.2) is 18.2 Å². The van der Waals surface area contributed by atoms with Crippen molar-refractivity contribution >= 4 is 18.6 Å². The van der Waals surface area contributed by atoms with Crippen LogP contribution in [0.4, 0.5) is 33.0 Å². The number of halogens is 5. The number of nitro benzene ring substituents is 1. The highest BCUT2D eigenvalue weighted by Crippen LogP contribution is 2.21. The second kappa shape index (κ2) is 5.73.